The van der Waals surface area contributed by atoms with Gasteiger partial charge in [-0.1, -0.05) is 0 Å². The normalized spacial score (nSPS) is 10.9. The zero-order valence-electron chi connectivity index (χ0n) is 9.62. The van der Waals surface area contributed by atoms with E-state index in [1.807, 2.05) is 24.6 Å². The fourth-order valence-electron chi connectivity index (χ4n) is 1.86. The number of aromatic nitrogens is 2. The van der Waals surface area contributed by atoms with Crippen LogP contribution < -0.4 is 0 Å². The highest BCUT2D eigenvalue weighted by Crippen LogP contribution is 2.28. The summed E-state index contributed by atoms with van der Waals surface area (Å²) in [7, 11) is 0. The van der Waals surface area contributed by atoms with E-state index >= 15 is 0 Å². The van der Waals surface area contributed by atoms with Gasteiger partial charge in [-0.15, -0.1) is 11.3 Å². The molecule has 0 saturated heterocycles. The molecule has 3 rings (SSSR count). The van der Waals surface area contributed by atoms with Gasteiger partial charge in [0.15, 0.2) is 0 Å². The topological polar surface area (TPSA) is 54.6 Å². The number of carboxylic acid groups (broad SMARTS) is 1. The van der Waals surface area contributed by atoms with E-state index in [0.717, 1.165) is 16.2 Å². The Morgan fingerprint density at radius 1 is 1.33 bits per heavy atom. The summed E-state index contributed by atoms with van der Waals surface area (Å²) in [5.41, 5.74) is 3.07. The van der Waals surface area contributed by atoms with Crippen LogP contribution in [0.4, 0.5) is 0 Å². The molecule has 0 aliphatic rings. The average Bonchev–Trinajstić information content (AvgIpc) is 2.92. The van der Waals surface area contributed by atoms with Crippen molar-refractivity contribution in [3.63, 3.8) is 0 Å². The van der Waals surface area contributed by atoms with Gasteiger partial charge in [0.05, 0.1) is 16.1 Å². The number of hydrogen-bond donors (Lipinski definition) is 1. The molecule has 0 bridgehead atoms. The first-order valence-electron chi connectivity index (χ1n) is 5.41. The van der Waals surface area contributed by atoms with Crippen molar-refractivity contribution in [2.24, 2.45) is 0 Å². The maximum Gasteiger partial charge on any atom is 0.337 e. The molecule has 3 heterocycles. The van der Waals surface area contributed by atoms with Gasteiger partial charge < -0.3 is 9.51 Å². The van der Waals surface area contributed by atoms with Crippen LogP contribution in [0.1, 0.15) is 15.9 Å². The summed E-state index contributed by atoms with van der Waals surface area (Å²) in [5.74, 6) is -0.931. The van der Waals surface area contributed by atoms with E-state index < -0.39 is 5.97 Å². The molecule has 3 aromatic heterocycles. The van der Waals surface area contributed by atoms with Crippen molar-refractivity contribution in [2.75, 3.05) is 0 Å². The quantitative estimate of drug-likeness (QED) is 0.768. The molecule has 0 unspecified atom stereocenters. The fraction of sp³-hybridized carbons (Fsp3) is 0.0769. The number of imidazole rings is 1. The molecular weight excluding hydrogens is 248 g/mol. The molecule has 0 saturated carbocycles. The van der Waals surface area contributed by atoms with Crippen LogP contribution >= 0.6 is 11.3 Å². The molecule has 4 nitrogen and oxygen atoms in total. The second kappa shape index (κ2) is 3.96. The van der Waals surface area contributed by atoms with E-state index in [0.29, 0.717) is 0 Å². The number of hydrogen-bond acceptors (Lipinski definition) is 3. The number of fused-ring (bicyclic) bond motifs is 1. The Labute approximate surface area is 107 Å². The molecule has 90 valence electrons. The molecule has 0 fully saturated rings. The van der Waals surface area contributed by atoms with Crippen molar-refractivity contribution in [3.05, 3.63) is 47.1 Å². The lowest BCUT2D eigenvalue weighted by molar-refractivity contribution is 0.0696. The van der Waals surface area contributed by atoms with Crippen LogP contribution in [0, 0.1) is 6.92 Å². The summed E-state index contributed by atoms with van der Waals surface area (Å²) in [4.78, 5) is 16.5. The van der Waals surface area contributed by atoms with Crippen LogP contribution in [0.2, 0.25) is 0 Å². The minimum atomic E-state index is -0.931. The van der Waals surface area contributed by atoms with Crippen molar-refractivity contribution in [2.45, 2.75) is 6.92 Å². The minimum absolute atomic E-state index is 0.259. The smallest absolute Gasteiger partial charge is 0.337 e. The molecule has 0 aliphatic heterocycles. The van der Waals surface area contributed by atoms with Crippen LogP contribution in [0.25, 0.3) is 16.2 Å². The van der Waals surface area contributed by atoms with Gasteiger partial charge in [0.2, 0.25) is 0 Å². The molecule has 0 atom stereocenters. The summed E-state index contributed by atoms with van der Waals surface area (Å²) >= 11 is 1.64. The van der Waals surface area contributed by atoms with Crippen molar-refractivity contribution in [3.8, 4) is 10.6 Å². The van der Waals surface area contributed by atoms with Gasteiger partial charge in [0, 0.05) is 12.4 Å². The van der Waals surface area contributed by atoms with Gasteiger partial charge in [-0.05, 0) is 36.1 Å². The summed E-state index contributed by atoms with van der Waals surface area (Å²) < 4.78 is 1.75. The molecule has 3 aromatic rings. The van der Waals surface area contributed by atoms with Crippen LogP contribution in [0.3, 0.4) is 0 Å². The van der Waals surface area contributed by atoms with E-state index in [1.165, 1.54) is 5.56 Å². The van der Waals surface area contributed by atoms with Gasteiger partial charge >= 0.3 is 5.97 Å². The first-order chi connectivity index (χ1) is 8.65. The van der Waals surface area contributed by atoms with Crippen LogP contribution in [-0.4, -0.2) is 20.5 Å². The Morgan fingerprint density at radius 2 is 2.17 bits per heavy atom. The Kier molecular flexibility index (Phi) is 2.41. The number of nitrogens with zero attached hydrogens (tertiary/aromatic N) is 2. The number of aryl methyl sites for hydroxylation is 1. The van der Waals surface area contributed by atoms with Gasteiger partial charge in [0.25, 0.3) is 0 Å². The Balaban J connectivity index is 2.17. The summed E-state index contributed by atoms with van der Waals surface area (Å²) in [6, 6.07) is 5.33. The van der Waals surface area contributed by atoms with E-state index in [-0.39, 0.29) is 5.56 Å². The first-order valence-corrected chi connectivity index (χ1v) is 6.29. The number of rotatable bonds is 2. The molecule has 0 spiro atoms. The van der Waals surface area contributed by atoms with Gasteiger partial charge in [0.1, 0.15) is 5.65 Å². The monoisotopic (exact) mass is 258 g/mol. The SMILES string of the molecule is Cc1ccsc1-c1cn2cc(C(=O)O)ccc2n1. The first kappa shape index (κ1) is 11.0. The van der Waals surface area contributed by atoms with Crippen molar-refractivity contribution in [1.29, 1.82) is 0 Å². The van der Waals surface area contributed by atoms with E-state index in [2.05, 4.69) is 4.98 Å². The third-order valence-electron chi connectivity index (χ3n) is 2.79. The van der Waals surface area contributed by atoms with E-state index in [1.54, 1.807) is 34.1 Å². The number of aromatic carboxylic acids is 1. The van der Waals surface area contributed by atoms with Gasteiger partial charge in [-0.3, -0.25) is 0 Å². The molecule has 0 aliphatic carbocycles. The van der Waals surface area contributed by atoms with Gasteiger partial charge in [-0.25, -0.2) is 9.78 Å². The van der Waals surface area contributed by atoms with Crippen molar-refractivity contribution < 1.29 is 9.90 Å². The van der Waals surface area contributed by atoms with E-state index in [9.17, 15) is 4.79 Å². The highest BCUT2D eigenvalue weighted by molar-refractivity contribution is 7.13. The predicted octanol–water partition coefficient (Wildman–Crippen LogP) is 3.07. The third-order valence-corrected chi connectivity index (χ3v) is 3.83. The summed E-state index contributed by atoms with van der Waals surface area (Å²) in [6.45, 7) is 2.04. The second-order valence-electron chi connectivity index (χ2n) is 4.05. The molecule has 0 aromatic carbocycles. The van der Waals surface area contributed by atoms with Crippen LogP contribution in [-0.2, 0) is 0 Å². The van der Waals surface area contributed by atoms with Crippen molar-refractivity contribution >= 4 is 23.0 Å². The minimum Gasteiger partial charge on any atom is -0.478 e. The molecular formula is C13H10N2O2S. The third kappa shape index (κ3) is 1.69. The lowest BCUT2D eigenvalue weighted by Gasteiger charge is -1.95. The highest BCUT2D eigenvalue weighted by atomic mass is 32.1. The Morgan fingerprint density at radius 3 is 2.83 bits per heavy atom. The molecule has 0 radical (unpaired) electrons. The number of carboxylic acids is 1. The molecule has 5 heteroatoms. The van der Waals surface area contributed by atoms with Crippen LogP contribution in [0.15, 0.2) is 36.0 Å². The summed E-state index contributed by atoms with van der Waals surface area (Å²) in [6.07, 6.45) is 3.44. The largest absolute Gasteiger partial charge is 0.478 e. The number of pyridine rings is 1. The van der Waals surface area contributed by atoms with Crippen molar-refractivity contribution in [1.82, 2.24) is 9.38 Å². The fourth-order valence-corrected chi connectivity index (χ4v) is 2.74. The summed E-state index contributed by atoms with van der Waals surface area (Å²) in [5, 5.41) is 11.0. The number of thiophene rings is 1. The molecule has 18 heavy (non-hydrogen) atoms. The number of carbonyl (C=O) groups is 1. The molecule has 1 N–H and O–H groups in total. The average molecular weight is 258 g/mol. The standard InChI is InChI=1S/C13H10N2O2S/c1-8-4-5-18-12(8)10-7-15-6-9(13(16)17)2-3-11(15)14-10/h2-7H,1H3,(H,16,17). The van der Waals surface area contributed by atoms with Crippen LogP contribution in [0.5, 0.6) is 0 Å². The highest BCUT2D eigenvalue weighted by Gasteiger charge is 2.10. The van der Waals surface area contributed by atoms with E-state index in [4.69, 9.17) is 5.11 Å². The maximum atomic E-state index is 10.9. The lowest BCUT2D eigenvalue weighted by Crippen LogP contribution is -1.97. The second-order valence-corrected chi connectivity index (χ2v) is 4.96. The zero-order chi connectivity index (χ0) is 12.7. The van der Waals surface area contributed by atoms with Gasteiger partial charge in [-0.2, -0.15) is 0 Å². The Hall–Kier alpha value is -2.14. The zero-order valence-corrected chi connectivity index (χ0v) is 10.4. The predicted molar refractivity (Wildman–Crippen MR) is 70.2 cm³/mol. The molecule has 0 amide bonds. The lowest BCUT2D eigenvalue weighted by atomic mass is 10.2. The Bertz CT molecular complexity index is 742. The maximum absolute atomic E-state index is 10.9.